The Hall–Kier alpha value is -1.27. The molecule has 1 aliphatic rings. The van der Waals surface area contributed by atoms with Crippen LogP contribution in [0.3, 0.4) is 0 Å². The summed E-state index contributed by atoms with van der Waals surface area (Å²) < 4.78 is 40.5. The molecule has 0 atom stereocenters. The summed E-state index contributed by atoms with van der Waals surface area (Å²) in [6.07, 6.45) is -4.65. The van der Waals surface area contributed by atoms with Gasteiger partial charge in [-0.05, 0) is 6.07 Å². The first-order valence-corrected chi connectivity index (χ1v) is 5.25. The zero-order chi connectivity index (χ0) is 12.5. The molecule has 0 bridgehead atoms. The van der Waals surface area contributed by atoms with Gasteiger partial charge in [0.2, 0.25) is 0 Å². The standard InChI is InChI=1S/C11H13F3N2O/c12-11(13,14)17-10-4-2-1-3-8(10)5-16-6-9(15)7-16/h1-4,9H,5-7,15H2. The Morgan fingerprint density at radius 3 is 2.53 bits per heavy atom. The van der Waals surface area contributed by atoms with Gasteiger partial charge >= 0.3 is 6.36 Å². The maximum Gasteiger partial charge on any atom is 0.573 e. The number of nitrogens with zero attached hydrogens (tertiary/aromatic N) is 1. The van der Waals surface area contributed by atoms with Crippen molar-refractivity contribution in [1.29, 1.82) is 0 Å². The lowest BCUT2D eigenvalue weighted by atomic mass is 10.1. The van der Waals surface area contributed by atoms with Gasteiger partial charge in [-0.15, -0.1) is 13.2 Å². The average Bonchev–Trinajstić information content (AvgIpc) is 2.16. The summed E-state index contributed by atoms with van der Waals surface area (Å²) in [5.74, 6) is -0.138. The molecule has 0 aromatic heterocycles. The minimum absolute atomic E-state index is 0.130. The van der Waals surface area contributed by atoms with Gasteiger partial charge in [-0.25, -0.2) is 0 Å². The maximum atomic E-state index is 12.2. The number of ether oxygens (including phenoxy) is 1. The van der Waals surface area contributed by atoms with Crippen LogP contribution >= 0.6 is 0 Å². The van der Waals surface area contributed by atoms with E-state index in [0.29, 0.717) is 25.2 Å². The van der Waals surface area contributed by atoms with E-state index in [0.717, 1.165) is 0 Å². The first-order valence-electron chi connectivity index (χ1n) is 5.25. The highest BCUT2D eigenvalue weighted by Gasteiger charge is 2.32. The molecule has 2 N–H and O–H groups in total. The number of likely N-dealkylation sites (tertiary alicyclic amines) is 1. The average molecular weight is 246 g/mol. The fourth-order valence-corrected chi connectivity index (χ4v) is 1.84. The monoisotopic (exact) mass is 246 g/mol. The predicted molar refractivity (Wildman–Crippen MR) is 56.4 cm³/mol. The minimum atomic E-state index is -4.65. The first-order chi connectivity index (χ1) is 7.94. The molecule has 94 valence electrons. The molecule has 1 aliphatic heterocycles. The highest BCUT2D eigenvalue weighted by molar-refractivity contribution is 5.33. The number of benzene rings is 1. The van der Waals surface area contributed by atoms with E-state index in [1.807, 2.05) is 4.90 Å². The normalized spacial score (nSPS) is 17.9. The Balaban J connectivity index is 2.05. The summed E-state index contributed by atoms with van der Waals surface area (Å²) >= 11 is 0. The van der Waals surface area contributed by atoms with Gasteiger partial charge < -0.3 is 10.5 Å². The van der Waals surface area contributed by atoms with Crippen molar-refractivity contribution in [3.05, 3.63) is 29.8 Å². The first kappa shape index (κ1) is 12.2. The maximum absolute atomic E-state index is 12.2. The highest BCUT2D eigenvalue weighted by atomic mass is 19.4. The van der Waals surface area contributed by atoms with Crippen molar-refractivity contribution >= 4 is 0 Å². The van der Waals surface area contributed by atoms with Crippen LogP contribution in [-0.4, -0.2) is 30.4 Å². The second kappa shape index (κ2) is 4.54. The molecule has 1 aromatic carbocycles. The van der Waals surface area contributed by atoms with Crippen molar-refractivity contribution in [1.82, 2.24) is 4.90 Å². The molecule has 2 rings (SSSR count). The predicted octanol–water partition coefficient (Wildman–Crippen LogP) is 1.73. The largest absolute Gasteiger partial charge is 0.573 e. The molecule has 0 radical (unpaired) electrons. The summed E-state index contributed by atoms with van der Waals surface area (Å²) in [4.78, 5) is 1.98. The Morgan fingerprint density at radius 2 is 1.94 bits per heavy atom. The SMILES string of the molecule is NC1CN(Cc2ccccc2OC(F)(F)F)C1. The van der Waals surface area contributed by atoms with Gasteiger partial charge in [0.1, 0.15) is 5.75 Å². The van der Waals surface area contributed by atoms with Crippen molar-refractivity contribution < 1.29 is 17.9 Å². The van der Waals surface area contributed by atoms with Gasteiger partial charge in [0.15, 0.2) is 0 Å². The third-order valence-electron chi connectivity index (χ3n) is 2.58. The van der Waals surface area contributed by atoms with Crippen LogP contribution in [0.2, 0.25) is 0 Å². The van der Waals surface area contributed by atoms with E-state index in [2.05, 4.69) is 4.74 Å². The van der Waals surface area contributed by atoms with Crippen LogP contribution in [0.4, 0.5) is 13.2 Å². The Labute approximate surface area is 97.0 Å². The molecular weight excluding hydrogens is 233 g/mol. The molecule has 0 unspecified atom stereocenters. The number of rotatable bonds is 3. The second-order valence-corrected chi connectivity index (χ2v) is 4.11. The molecule has 1 saturated heterocycles. The number of halogens is 3. The summed E-state index contributed by atoms with van der Waals surface area (Å²) in [7, 11) is 0. The lowest BCUT2D eigenvalue weighted by Crippen LogP contribution is -2.54. The molecule has 1 heterocycles. The molecule has 0 spiro atoms. The summed E-state index contributed by atoms with van der Waals surface area (Å²) in [6, 6.07) is 6.30. The van der Waals surface area contributed by atoms with Gasteiger partial charge in [-0.2, -0.15) is 0 Å². The number of alkyl halides is 3. The summed E-state index contributed by atoms with van der Waals surface area (Å²) in [5, 5.41) is 0. The van der Waals surface area contributed by atoms with E-state index in [9.17, 15) is 13.2 Å². The van der Waals surface area contributed by atoms with Crippen LogP contribution in [0.15, 0.2) is 24.3 Å². The van der Waals surface area contributed by atoms with Gasteiger partial charge in [-0.1, -0.05) is 18.2 Å². The van der Waals surface area contributed by atoms with E-state index >= 15 is 0 Å². The number of hydrogen-bond donors (Lipinski definition) is 1. The van der Waals surface area contributed by atoms with E-state index in [1.165, 1.54) is 12.1 Å². The molecule has 0 aliphatic carbocycles. The lowest BCUT2D eigenvalue weighted by Gasteiger charge is -2.37. The van der Waals surface area contributed by atoms with Gasteiger partial charge in [0.05, 0.1) is 0 Å². The van der Waals surface area contributed by atoms with Crippen LogP contribution in [-0.2, 0) is 6.54 Å². The number of para-hydroxylation sites is 1. The highest BCUT2D eigenvalue weighted by Crippen LogP contribution is 2.27. The van der Waals surface area contributed by atoms with Crippen LogP contribution in [0.5, 0.6) is 5.75 Å². The molecule has 0 amide bonds. The molecule has 1 aromatic rings. The quantitative estimate of drug-likeness (QED) is 0.882. The zero-order valence-corrected chi connectivity index (χ0v) is 9.07. The second-order valence-electron chi connectivity index (χ2n) is 4.11. The van der Waals surface area contributed by atoms with Crippen molar-refractivity contribution in [2.45, 2.75) is 18.9 Å². The molecular formula is C11H13F3N2O. The van der Waals surface area contributed by atoms with Crippen molar-refractivity contribution in [3.63, 3.8) is 0 Å². The van der Waals surface area contributed by atoms with Gasteiger partial charge in [-0.3, -0.25) is 4.90 Å². The van der Waals surface area contributed by atoms with Gasteiger partial charge in [0.25, 0.3) is 0 Å². The fraction of sp³-hybridized carbons (Fsp3) is 0.455. The van der Waals surface area contributed by atoms with Crippen molar-refractivity contribution in [2.24, 2.45) is 5.73 Å². The number of nitrogens with two attached hydrogens (primary N) is 1. The Kier molecular flexibility index (Phi) is 3.26. The fourth-order valence-electron chi connectivity index (χ4n) is 1.84. The van der Waals surface area contributed by atoms with E-state index in [1.54, 1.807) is 12.1 Å². The smallest absolute Gasteiger partial charge is 0.405 e. The minimum Gasteiger partial charge on any atom is -0.405 e. The number of hydrogen-bond acceptors (Lipinski definition) is 3. The summed E-state index contributed by atoms with van der Waals surface area (Å²) in [6.45, 7) is 1.85. The Morgan fingerprint density at radius 1 is 1.29 bits per heavy atom. The molecule has 6 heteroatoms. The van der Waals surface area contributed by atoms with E-state index < -0.39 is 6.36 Å². The molecule has 0 saturated carbocycles. The van der Waals surface area contributed by atoms with Crippen molar-refractivity contribution in [3.8, 4) is 5.75 Å². The van der Waals surface area contributed by atoms with Crippen LogP contribution < -0.4 is 10.5 Å². The van der Waals surface area contributed by atoms with E-state index in [-0.39, 0.29) is 11.8 Å². The van der Waals surface area contributed by atoms with Crippen LogP contribution in [0, 0.1) is 0 Å². The third kappa shape index (κ3) is 3.34. The third-order valence-corrected chi connectivity index (χ3v) is 2.58. The lowest BCUT2D eigenvalue weighted by molar-refractivity contribution is -0.275. The van der Waals surface area contributed by atoms with Crippen LogP contribution in [0.25, 0.3) is 0 Å². The van der Waals surface area contributed by atoms with E-state index in [4.69, 9.17) is 5.73 Å². The molecule has 3 nitrogen and oxygen atoms in total. The van der Waals surface area contributed by atoms with Gasteiger partial charge in [0, 0.05) is 31.2 Å². The van der Waals surface area contributed by atoms with Crippen LogP contribution in [0.1, 0.15) is 5.56 Å². The van der Waals surface area contributed by atoms with Crippen molar-refractivity contribution in [2.75, 3.05) is 13.1 Å². The molecule has 1 fully saturated rings. The zero-order valence-electron chi connectivity index (χ0n) is 9.07. The topological polar surface area (TPSA) is 38.5 Å². The molecule has 17 heavy (non-hydrogen) atoms. The summed E-state index contributed by atoms with van der Waals surface area (Å²) in [5.41, 5.74) is 6.13. The Bertz CT molecular complexity index is 389.